The molecule has 0 spiro atoms. The van der Waals surface area contributed by atoms with Gasteiger partial charge in [-0.25, -0.2) is 0 Å². The van der Waals surface area contributed by atoms with E-state index in [4.69, 9.17) is 0 Å². The van der Waals surface area contributed by atoms with Crippen LogP contribution in [-0.4, -0.2) is 11.0 Å². The average molecular weight is 178 g/mol. The first kappa shape index (κ1) is 8.82. The first-order valence-electron chi connectivity index (χ1n) is 5.27. The second-order valence-electron chi connectivity index (χ2n) is 3.85. The molecule has 0 amide bonds. The van der Waals surface area contributed by atoms with E-state index in [9.17, 15) is 0 Å². The van der Waals surface area contributed by atoms with Gasteiger partial charge in [-0.3, -0.25) is 0 Å². The second kappa shape index (κ2) is 3.54. The minimum absolute atomic E-state index is 0.569. The van der Waals surface area contributed by atoms with E-state index in [1.165, 1.54) is 24.1 Å². The Morgan fingerprint density at radius 1 is 1.38 bits per heavy atom. The van der Waals surface area contributed by atoms with Crippen molar-refractivity contribution in [3.63, 3.8) is 0 Å². The van der Waals surface area contributed by atoms with Gasteiger partial charge in [-0.15, -0.1) is 0 Å². The zero-order valence-electron chi connectivity index (χ0n) is 8.43. The van der Waals surface area contributed by atoms with Crippen LogP contribution >= 0.6 is 0 Å². The molecule has 0 aliphatic carbocycles. The highest BCUT2D eigenvalue weighted by Gasteiger charge is 2.24. The summed E-state index contributed by atoms with van der Waals surface area (Å²) in [5, 5.41) is 3.68. The molecular weight excluding hydrogens is 160 g/mol. The van der Waals surface area contributed by atoms with Gasteiger partial charge in [-0.05, 0) is 24.5 Å². The van der Waals surface area contributed by atoms with Crippen LogP contribution in [0.2, 0.25) is 0 Å². The Kier molecular flexibility index (Phi) is 2.40. The van der Waals surface area contributed by atoms with Crippen molar-refractivity contribution in [1.82, 2.24) is 10.3 Å². The molecule has 1 aromatic rings. The van der Waals surface area contributed by atoms with E-state index in [-0.39, 0.29) is 0 Å². The van der Waals surface area contributed by atoms with Gasteiger partial charge in [-0.2, -0.15) is 0 Å². The molecule has 2 N–H and O–H groups in total. The van der Waals surface area contributed by atoms with Crippen LogP contribution in [0.15, 0.2) is 12.3 Å². The summed E-state index contributed by atoms with van der Waals surface area (Å²) in [4.78, 5) is 3.35. The molecule has 0 saturated heterocycles. The largest absolute Gasteiger partial charge is 0.365 e. The second-order valence-corrected chi connectivity index (χ2v) is 3.85. The summed E-state index contributed by atoms with van der Waals surface area (Å²) in [6.45, 7) is 4.49. The number of aromatic amines is 1. The SMILES string of the molecule is CC[C@H]1Cc2[nH]ccc2[C@H](CC)N1. The van der Waals surface area contributed by atoms with Crippen LogP contribution in [-0.2, 0) is 6.42 Å². The molecule has 72 valence electrons. The molecule has 1 aromatic heterocycles. The third-order valence-electron chi connectivity index (χ3n) is 3.03. The van der Waals surface area contributed by atoms with Gasteiger partial charge in [0.2, 0.25) is 0 Å². The molecule has 2 rings (SSSR count). The van der Waals surface area contributed by atoms with Crippen molar-refractivity contribution in [2.75, 3.05) is 0 Å². The van der Waals surface area contributed by atoms with Crippen LogP contribution in [0, 0.1) is 0 Å². The first-order valence-corrected chi connectivity index (χ1v) is 5.27. The number of rotatable bonds is 2. The quantitative estimate of drug-likeness (QED) is 0.715. The van der Waals surface area contributed by atoms with Crippen molar-refractivity contribution < 1.29 is 0 Å². The highest BCUT2D eigenvalue weighted by atomic mass is 15.0. The van der Waals surface area contributed by atoms with Crippen LogP contribution in [0.4, 0.5) is 0 Å². The van der Waals surface area contributed by atoms with Crippen LogP contribution in [0.25, 0.3) is 0 Å². The topological polar surface area (TPSA) is 27.8 Å². The van der Waals surface area contributed by atoms with Gasteiger partial charge in [0.25, 0.3) is 0 Å². The van der Waals surface area contributed by atoms with E-state index in [1.807, 2.05) is 0 Å². The van der Waals surface area contributed by atoms with Gasteiger partial charge >= 0.3 is 0 Å². The Balaban J connectivity index is 2.25. The number of fused-ring (bicyclic) bond motifs is 1. The maximum atomic E-state index is 3.68. The summed E-state index contributed by atoms with van der Waals surface area (Å²) in [7, 11) is 0. The van der Waals surface area contributed by atoms with E-state index in [2.05, 4.69) is 36.4 Å². The van der Waals surface area contributed by atoms with Crippen LogP contribution in [0.1, 0.15) is 44.0 Å². The predicted octanol–water partition coefficient (Wildman–Crippen LogP) is 2.39. The van der Waals surface area contributed by atoms with E-state index >= 15 is 0 Å². The fourth-order valence-corrected chi connectivity index (χ4v) is 2.20. The fourth-order valence-electron chi connectivity index (χ4n) is 2.20. The summed E-state index contributed by atoms with van der Waals surface area (Å²) < 4.78 is 0. The summed E-state index contributed by atoms with van der Waals surface area (Å²) in [6.07, 6.45) is 5.62. The van der Waals surface area contributed by atoms with Crippen molar-refractivity contribution in [3.05, 3.63) is 23.5 Å². The van der Waals surface area contributed by atoms with E-state index < -0.39 is 0 Å². The highest BCUT2D eigenvalue weighted by Crippen LogP contribution is 2.27. The summed E-state index contributed by atoms with van der Waals surface area (Å²) in [5.41, 5.74) is 2.92. The average Bonchev–Trinajstić information content (AvgIpc) is 2.63. The highest BCUT2D eigenvalue weighted by molar-refractivity contribution is 5.28. The molecule has 2 heterocycles. The molecule has 1 aliphatic heterocycles. The van der Waals surface area contributed by atoms with Crippen LogP contribution in [0.3, 0.4) is 0 Å². The van der Waals surface area contributed by atoms with Crippen LogP contribution < -0.4 is 5.32 Å². The Morgan fingerprint density at radius 2 is 2.23 bits per heavy atom. The van der Waals surface area contributed by atoms with E-state index in [0.29, 0.717) is 12.1 Å². The summed E-state index contributed by atoms with van der Waals surface area (Å²) in [6, 6.07) is 3.44. The number of aromatic nitrogens is 1. The van der Waals surface area contributed by atoms with Crippen molar-refractivity contribution >= 4 is 0 Å². The molecule has 2 heteroatoms. The molecule has 13 heavy (non-hydrogen) atoms. The van der Waals surface area contributed by atoms with E-state index in [0.717, 1.165) is 6.42 Å². The predicted molar refractivity (Wildman–Crippen MR) is 54.7 cm³/mol. The number of nitrogens with one attached hydrogen (secondary N) is 2. The third kappa shape index (κ3) is 1.51. The normalized spacial score (nSPS) is 27.2. The number of hydrogen-bond donors (Lipinski definition) is 2. The molecule has 2 atom stereocenters. The van der Waals surface area contributed by atoms with Gasteiger partial charge in [0.1, 0.15) is 0 Å². The molecule has 0 aromatic carbocycles. The molecule has 0 bridgehead atoms. The first-order chi connectivity index (χ1) is 6.35. The molecule has 0 saturated carbocycles. The Bertz CT molecular complexity index is 277. The minimum Gasteiger partial charge on any atom is -0.365 e. The van der Waals surface area contributed by atoms with Crippen molar-refractivity contribution in [3.8, 4) is 0 Å². The van der Waals surface area contributed by atoms with Crippen molar-refractivity contribution in [2.45, 2.75) is 45.2 Å². The molecular formula is C11H18N2. The monoisotopic (exact) mass is 178 g/mol. The van der Waals surface area contributed by atoms with Crippen molar-refractivity contribution in [2.24, 2.45) is 0 Å². The molecule has 1 aliphatic rings. The van der Waals surface area contributed by atoms with Gasteiger partial charge in [0.05, 0.1) is 0 Å². The lowest BCUT2D eigenvalue weighted by molar-refractivity contribution is 0.384. The lowest BCUT2D eigenvalue weighted by Crippen LogP contribution is -2.38. The Hall–Kier alpha value is -0.760. The molecule has 0 fully saturated rings. The third-order valence-corrected chi connectivity index (χ3v) is 3.03. The fraction of sp³-hybridized carbons (Fsp3) is 0.636. The Morgan fingerprint density at radius 3 is 2.92 bits per heavy atom. The Labute approximate surface area is 79.7 Å². The van der Waals surface area contributed by atoms with Gasteiger partial charge in [0.15, 0.2) is 0 Å². The summed E-state index contributed by atoms with van der Waals surface area (Å²) >= 11 is 0. The lowest BCUT2D eigenvalue weighted by atomic mass is 9.93. The molecule has 0 unspecified atom stereocenters. The minimum atomic E-state index is 0.569. The maximum Gasteiger partial charge on any atom is 0.0337 e. The van der Waals surface area contributed by atoms with Gasteiger partial charge < -0.3 is 10.3 Å². The number of H-pyrrole nitrogens is 1. The molecule has 2 nitrogen and oxygen atoms in total. The van der Waals surface area contributed by atoms with Crippen molar-refractivity contribution in [1.29, 1.82) is 0 Å². The lowest BCUT2D eigenvalue weighted by Gasteiger charge is -2.30. The molecule has 0 radical (unpaired) electrons. The van der Waals surface area contributed by atoms with E-state index in [1.54, 1.807) is 0 Å². The van der Waals surface area contributed by atoms with Crippen LogP contribution in [0.5, 0.6) is 0 Å². The zero-order chi connectivity index (χ0) is 9.26. The zero-order valence-corrected chi connectivity index (χ0v) is 8.43. The maximum absolute atomic E-state index is 3.68. The smallest absolute Gasteiger partial charge is 0.0337 e. The van der Waals surface area contributed by atoms with Gasteiger partial charge in [0, 0.05) is 30.4 Å². The number of hydrogen-bond acceptors (Lipinski definition) is 1. The van der Waals surface area contributed by atoms with Gasteiger partial charge in [-0.1, -0.05) is 13.8 Å². The standard InChI is InChI=1S/C11H18N2/c1-3-8-7-11-9(5-6-12-11)10(4-2)13-8/h5-6,8,10,12-13H,3-4,7H2,1-2H3/t8-,10-/m0/s1. The summed E-state index contributed by atoms with van der Waals surface area (Å²) in [5.74, 6) is 0.